The number of piperidine rings is 1. The first-order valence-electron chi connectivity index (χ1n) is 7.13. The second-order valence-corrected chi connectivity index (χ2v) is 5.53. The molecular weight excluding hydrogens is 349 g/mol. The predicted octanol–water partition coefficient (Wildman–Crippen LogP) is 2.80. The Bertz CT molecular complexity index is 602. The molecule has 0 aliphatic carbocycles. The molecule has 1 aromatic rings. The van der Waals surface area contributed by atoms with Gasteiger partial charge in [0.1, 0.15) is 0 Å². The highest BCUT2D eigenvalue weighted by Crippen LogP contribution is 2.31. The Kier molecular flexibility index (Phi) is 6.62. The molecule has 1 aliphatic rings. The van der Waals surface area contributed by atoms with E-state index in [1.165, 1.54) is 24.3 Å². The number of aromatic carboxylic acids is 1. The lowest BCUT2D eigenvalue weighted by molar-refractivity contribution is -0.171. The average molecular weight is 367 g/mol. The highest BCUT2D eigenvalue weighted by atomic mass is 35.5. The molecule has 2 rings (SSSR count). The quantitative estimate of drug-likeness (QED) is 0.893. The summed E-state index contributed by atoms with van der Waals surface area (Å²) in [6, 6.07) is 4.60. The number of amides is 1. The molecule has 134 valence electrons. The lowest BCUT2D eigenvalue weighted by Gasteiger charge is -2.38. The van der Waals surface area contributed by atoms with Crippen molar-refractivity contribution in [1.29, 1.82) is 0 Å². The molecule has 0 spiro atoms. The van der Waals surface area contributed by atoms with Crippen LogP contribution in [-0.2, 0) is 4.79 Å². The van der Waals surface area contributed by atoms with Crippen LogP contribution in [0.1, 0.15) is 23.2 Å². The number of likely N-dealkylation sites (tertiary alicyclic amines) is 1. The highest BCUT2D eigenvalue weighted by Gasteiger charge is 2.46. The molecule has 0 aromatic heterocycles. The summed E-state index contributed by atoms with van der Waals surface area (Å²) in [6.45, 7) is 1.09. The number of carboxylic acid groups (broad SMARTS) is 1. The monoisotopic (exact) mass is 366 g/mol. The summed E-state index contributed by atoms with van der Waals surface area (Å²) in [5.74, 6) is -3.39. The minimum absolute atomic E-state index is 0. The normalized spacial score (nSPS) is 16.3. The van der Waals surface area contributed by atoms with Gasteiger partial charge in [-0.25, -0.2) is 4.79 Å². The van der Waals surface area contributed by atoms with Crippen LogP contribution in [0.2, 0.25) is 0 Å². The summed E-state index contributed by atoms with van der Waals surface area (Å²) in [5, 5.41) is 9.21. The third-order valence-corrected chi connectivity index (χ3v) is 3.91. The van der Waals surface area contributed by atoms with Crippen LogP contribution in [0.15, 0.2) is 24.3 Å². The molecule has 24 heavy (non-hydrogen) atoms. The molecule has 1 saturated heterocycles. The highest BCUT2D eigenvalue weighted by molar-refractivity contribution is 6.04. The number of nitrogens with zero attached hydrogens (tertiary/aromatic N) is 2. The number of carboxylic acids is 1. The SMILES string of the molecule is CN1CCC(N(C(=O)C(F)(F)F)c2ccccc2C(=O)O)CC1.Cl. The summed E-state index contributed by atoms with van der Waals surface area (Å²) < 4.78 is 39.0. The fourth-order valence-corrected chi connectivity index (χ4v) is 2.73. The van der Waals surface area contributed by atoms with Crippen LogP contribution in [0.5, 0.6) is 0 Å². The first-order valence-corrected chi connectivity index (χ1v) is 7.13. The lowest BCUT2D eigenvalue weighted by atomic mass is 10.0. The lowest BCUT2D eigenvalue weighted by Crippen LogP contribution is -2.51. The number of carbonyl (C=O) groups excluding carboxylic acids is 1. The van der Waals surface area contributed by atoms with E-state index >= 15 is 0 Å². The molecule has 1 aromatic carbocycles. The van der Waals surface area contributed by atoms with Gasteiger partial charge in [-0.15, -0.1) is 12.4 Å². The van der Waals surface area contributed by atoms with Gasteiger partial charge in [-0.3, -0.25) is 4.79 Å². The fraction of sp³-hybridized carbons (Fsp3) is 0.467. The summed E-state index contributed by atoms with van der Waals surface area (Å²) in [4.78, 5) is 25.8. The van der Waals surface area contributed by atoms with Gasteiger partial charge in [0.25, 0.3) is 0 Å². The van der Waals surface area contributed by atoms with Gasteiger partial charge in [-0.1, -0.05) is 12.1 Å². The van der Waals surface area contributed by atoms with Gasteiger partial charge in [-0.2, -0.15) is 13.2 Å². The Morgan fingerprint density at radius 1 is 1.21 bits per heavy atom. The van der Waals surface area contributed by atoms with Crippen LogP contribution >= 0.6 is 12.4 Å². The van der Waals surface area contributed by atoms with E-state index < -0.39 is 24.1 Å². The molecule has 0 unspecified atom stereocenters. The number of halogens is 4. The molecule has 1 fully saturated rings. The van der Waals surface area contributed by atoms with E-state index in [4.69, 9.17) is 0 Å². The van der Waals surface area contributed by atoms with E-state index in [1.54, 1.807) is 0 Å². The number of rotatable bonds is 3. The van der Waals surface area contributed by atoms with Crippen LogP contribution in [0.4, 0.5) is 18.9 Å². The fourth-order valence-electron chi connectivity index (χ4n) is 2.73. The van der Waals surface area contributed by atoms with Gasteiger partial charge in [0.2, 0.25) is 0 Å². The number of anilines is 1. The van der Waals surface area contributed by atoms with Gasteiger partial charge in [0.05, 0.1) is 11.3 Å². The third-order valence-electron chi connectivity index (χ3n) is 3.91. The van der Waals surface area contributed by atoms with Crippen molar-refractivity contribution in [2.75, 3.05) is 25.0 Å². The molecular formula is C15H18ClF3N2O3. The van der Waals surface area contributed by atoms with Crippen LogP contribution in [0.25, 0.3) is 0 Å². The van der Waals surface area contributed by atoms with Crippen LogP contribution in [0.3, 0.4) is 0 Å². The number of hydrogen-bond acceptors (Lipinski definition) is 3. The van der Waals surface area contributed by atoms with Gasteiger partial charge < -0.3 is 14.9 Å². The molecule has 1 amide bonds. The first-order chi connectivity index (χ1) is 10.7. The smallest absolute Gasteiger partial charge is 0.471 e. The van der Waals surface area contributed by atoms with Crippen molar-refractivity contribution in [3.05, 3.63) is 29.8 Å². The zero-order chi connectivity index (χ0) is 17.2. The van der Waals surface area contributed by atoms with E-state index in [0.29, 0.717) is 30.8 Å². The van der Waals surface area contributed by atoms with Crippen molar-refractivity contribution >= 4 is 30.0 Å². The number of para-hydroxylation sites is 1. The zero-order valence-corrected chi connectivity index (χ0v) is 13.7. The van der Waals surface area contributed by atoms with E-state index in [0.717, 1.165) is 0 Å². The van der Waals surface area contributed by atoms with E-state index in [1.807, 2.05) is 11.9 Å². The molecule has 5 nitrogen and oxygen atoms in total. The van der Waals surface area contributed by atoms with Crippen LogP contribution in [0, 0.1) is 0 Å². The largest absolute Gasteiger partial charge is 0.478 e. The second-order valence-electron chi connectivity index (χ2n) is 5.53. The summed E-state index contributed by atoms with van der Waals surface area (Å²) in [6.07, 6.45) is -4.35. The molecule has 1 heterocycles. The maximum Gasteiger partial charge on any atom is 0.471 e. The van der Waals surface area contributed by atoms with Crippen molar-refractivity contribution in [3.63, 3.8) is 0 Å². The zero-order valence-electron chi connectivity index (χ0n) is 12.9. The average Bonchev–Trinajstić information content (AvgIpc) is 2.49. The molecule has 1 N–H and O–H groups in total. The van der Waals surface area contributed by atoms with Crippen molar-refractivity contribution in [1.82, 2.24) is 4.90 Å². The molecule has 0 saturated carbocycles. The Morgan fingerprint density at radius 2 is 1.75 bits per heavy atom. The van der Waals surface area contributed by atoms with Crippen molar-refractivity contribution < 1.29 is 27.9 Å². The molecule has 9 heteroatoms. The molecule has 1 aliphatic heterocycles. The third kappa shape index (κ3) is 4.39. The maximum atomic E-state index is 13.0. The van der Waals surface area contributed by atoms with Gasteiger partial charge >= 0.3 is 18.1 Å². The second kappa shape index (κ2) is 7.85. The molecule has 0 atom stereocenters. The molecule has 0 bridgehead atoms. The summed E-state index contributed by atoms with van der Waals surface area (Å²) in [7, 11) is 1.84. The van der Waals surface area contributed by atoms with E-state index in [9.17, 15) is 27.9 Å². The Hall–Kier alpha value is -1.80. The van der Waals surface area contributed by atoms with Crippen molar-refractivity contribution in [3.8, 4) is 0 Å². The van der Waals surface area contributed by atoms with Crippen molar-refractivity contribution in [2.45, 2.75) is 25.1 Å². The van der Waals surface area contributed by atoms with Gasteiger partial charge in [0.15, 0.2) is 0 Å². The predicted molar refractivity (Wildman–Crippen MR) is 84.7 cm³/mol. The first kappa shape index (κ1) is 20.2. The maximum absolute atomic E-state index is 13.0. The standard InChI is InChI=1S/C15H17F3N2O3.ClH/c1-19-8-6-10(7-9-19)20(14(23)15(16,17)18)12-5-3-2-4-11(12)13(21)22;/h2-5,10H,6-9H2,1H3,(H,21,22);1H. The Labute approximate surface area is 143 Å². The number of carbonyl (C=O) groups is 2. The minimum Gasteiger partial charge on any atom is -0.478 e. The molecule has 0 radical (unpaired) electrons. The number of hydrogen-bond donors (Lipinski definition) is 1. The van der Waals surface area contributed by atoms with E-state index in [-0.39, 0.29) is 23.7 Å². The van der Waals surface area contributed by atoms with Crippen molar-refractivity contribution in [2.24, 2.45) is 0 Å². The Balaban J connectivity index is 0.00000288. The van der Waals surface area contributed by atoms with Gasteiger partial charge in [-0.05, 0) is 45.1 Å². The number of benzene rings is 1. The van der Waals surface area contributed by atoms with E-state index in [2.05, 4.69) is 0 Å². The summed E-state index contributed by atoms with van der Waals surface area (Å²) >= 11 is 0. The van der Waals surface area contributed by atoms with Gasteiger partial charge in [0, 0.05) is 6.04 Å². The number of alkyl halides is 3. The summed E-state index contributed by atoms with van der Waals surface area (Å²) in [5.41, 5.74) is -0.527. The minimum atomic E-state index is -5.06. The van der Waals surface area contributed by atoms with Crippen LogP contribution in [-0.4, -0.2) is 54.2 Å². The topological polar surface area (TPSA) is 60.9 Å². The Morgan fingerprint density at radius 3 is 2.25 bits per heavy atom. The van der Waals surface area contributed by atoms with Crippen LogP contribution < -0.4 is 4.90 Å².